The van der Waals surface area contributed by atoms with E-state index in [2.05, 4.69) is 4.90 Å². The van der Waals surface area contributed by atoms with Crippen molar-refractivity contribution >= 4 is 5.97 Å². The molecule has 0 amide bonds. The number of aliphatic carboxylic acids is 1. The highest BCUT2D eigenvalue weighted by molar-refractivity contribution is 5.66. The van der Waals surface area contributed by atoms with Gasteiger partial charge in [-0.2, -0.15) is 0 Å². The number of carboxylic acid groups (broad SMARTS) is 1. The lowest BCUT2D eigenvalue weighted by atomic mass is 9.94. The van der Waals surface area contributed by atoms with Crippen LogP contribution in [0.2, 0.25) is 0 Å². The lowest BCUT2D eigenvalue weighted by Crippen LogP contribution is -2.43. The summed E-state index contributed by atoms with van der Waals surface area (Å²) in [5, 5.41) is 18.1. The molecule has 76 valence electrons. The predicted molar refractivity (Wildman–Crippen MR) is 48.6 cm³/mol. The minimum absolute atomic E-state index is 0.197. The van der Waals surface area contributed by atoms with Gasteiger partial charge in [0.1, 0.15) is 0 Å². The van der Waals surface area contributed by atoms with Gasteiger partial charge in [0.05, 0.1) is 12.0 Å². The molecule has 0 unspecified atom stereocenters. The highest BCUT2D eigenvalue weighted by Crippen LogP contribution is 2.20. The molecule has 0 aromatic heterocycles. The molecule has 1 heterocycles. The summed E-state index contributed by atoms with van der Waals surface area (Å²) in [6.45, 7) is 4.05. The summed E-state index contributed by atoms with van der Waals surface area (Å²) >= 11 is 0. The first-order valence-corrected chi connectivity index (χ1v) is 4.66. The fourth-order valence-electron chi connectivity index (χ4n) is 1.51. The van der Waals surface area contributed by atoms with Gasteiger partial charge in [0.2, 0.25) is 0 Å². The molecular weight excluding hydrogens is 170 g/mol. The van der Waals surface area contributed by atoms with Gasteiger partial charge in [-0.3, -0.25) is 4.79 Å². The Morgan fingerprint density at radius 2 is 2.00 bits per heavy atom. The molecule has 1 aliphatic heterocycles. The molecule has 4 heteroatoms. The van der Waals surface area contributed by atoms with E-state index < -0.39 is 11.6 Å². The van der Waals surface area contributed by atoms with Crippen LogP contribution < -0.4 is 0 Å². The normalized spacial score (nSPS) is 22.9. The molecule has 0 spiro atoms. The van der Waals surface area contributed by atoms with Crippen molar-refractivity contribution in [2.24, 2.45) is 0 Å². The minimum atomic E-state index is -0.752. The number of hydrogen-bond donors (Lipinski definition) is 2. The maximum Gasteiger partial charge on any atom is 0.304 e. The van der Waals surface area contributed by atoms with Crippen LogP contribution in [0.1, 0.15) is 26.2 Å². The Morgan fingerprint density at radius 3 is 2.46 bits per heavy atom. The molecule has 0 atom stereocenters. The van der Waals surface area contributed by atoms with Gasteiger partial charge in [0.15, 0.2) is 0 Å². The summed E-state index contributed by atoms with van der Waals surface area (Å²) in [6, 6.07) is 0. The van der Waals surface area contributed by atoms with E-state index in [-0.39, 0.29) is 6.42 Å². The van der Waals surface area contributed by atoms with E-state index in [1.165, 1.54) is 0 Å². The number of rotatable bonds is 3. The molecule has 0 saturated carbocycles. The van der Waals surface area contributed by atoms with Gasteiger partial charge >= 0.3 is 5.97 Å². The molecule has 4 nitrogen and oxygen atoms in total. The number of aliphatic hydroxyl groups is 1. The summed E-state index contributed by atoms with van der Waals surface area (Å²) in [5.41, 5.74) is -0.542. The Balaban J connectivity index is 2.21. The van der Waals surface area contributed by atoms with Crippen LogP contribution in [0.15, 0.2) is 0 Å². The van der Waals surface area contributed by atoms with E-state index in [1.54, 1.807) is 0 Å². The first-order chi connectivity index (χ1) is 5.99. The van der Waals surface area contributed by atoms with Crippen LogP contribution in [-0.2, 0) is 4.79 Å². The quantitative estimate of drug-likeness (QED) is 0.667. The SMILES string of the molecule is CC1(O)CCN(CCC(=O)O)CC1. The van der Waals surface area contributed by atoms with Crippen LogP contribution in [-0.4, -0.2) is 46.3 Å². The maximum absolute atomic E-state index is 10.3. The van der Waals surface area contributed by atoms with Crippen molar-refractivity contribution in [1.82, 2.24) is 4.90 Å². The Morgan fingerprint density at radius 1 is 1.46 bits per heavy atom. The number of likely N-dealkylation sites (tertiary alicyclic amines) is 1. The predicted octanol–water partition coefficient (Wildman–Crippen LogP) is 0.308. The molecule has 0 aromatic carbocycles. The zero-order valence-corrected chi connectivity index (χ0v) is 7.99. The molecule has 1 fully saturated rings. The number of piperidine rings is 1. The molecule has 0 aromatic rings. The zero-order valence-electron chi connectivity index (χ0n) is 7.99. The third-order valence-electron chi connectivity index (χ3n) is 2.58. The maximum atomic E-state index is 10.3. The Bertz CT molecular complexity index is 181. The van der Waals surface area contributed by atoms with Crippen molar-refractivity contribution in [2.45, 2.75) is 31.8 Å². The van der Waals surface area contributed by atoms with E-state index in [4.69, 9.17) is 5.11 Å². The molecule has 1 aliphatic rings. The number of nitrogens with zero attached hydrogens (tertiary/aromatic N) is 1. The average Bonchev–Trinajstić information content (AvgIpc) is 2.02. The Hall–Kier alpha value is -0.610. The first kappa shape index (κ1) is 10.5. The highest BCUT2D eigenvalue weighted by atomic mass is 16.4. The molecule has 0 radical (unpaired) electrons. The van der Waals surface area contributed by atoms with Gasteiger partial charge < -0.3 is 15.1 Å². The Kier molecular flexibility index (Phi) is 3.27. The van der Waals surface area contributed by atoms with Crippen LogP contribution in [0.5, 0.6) is 0 Å². The van der Waals surface area contributed by atoms with Crippen LogP contribution in [0.4, 0.5) is 0 Å². The van der Waals surface area contributed by atoms with Crippen LogP contribution in [0.3, 0.4) is 0 Å². The summed E-state index contributed by atoms with van der Waals surface area (Å²) in [7, 11) is 0. The number of carboxylic acids is 1. The van der Waals surface area contributed by atoms with Gasteiger partial charge in [-0.1, -0.05) is 0 Å². The lowest BCUT2D eigenvalue weighted by molar-refractivity contribution is -0.137. The van der Waals surface area contributed by atoms with E-state index in [0.29, 0.717) is 6.54 Å². The van der Waals surface area contributed by atoms with Gasteiger partial charge in [0.25, 0.3) is 0 Å². The minimum Gasteiger partial charge on any atom is -0.481 e. The van der Waals surface area contributed by atoms with Gasteiger partial charge in [-0.05, 0) is 19.8 Å². The van der Waals surface area contributed by atoms with Gasteiger partial charge in [-0.15, -0.1) is 0 Å². The van der Waals surface area contributed by atoms with Crippen molar-refractivity contribution in [3.8, 4) is 0 Å². The van der Waals surface area contributed by atoms with Crippen molar-refractivity contribution in [3.63, 3.8) is 0 Å². The monoisotopic (exact) mass is 187 g/mol. The second kappa shape index (κ2) is 4.07. The van der Waals surface area contributed by atoms with Gasteiger partial charge in [-0.25, -0.2) is 0 Å². The average molecular weight is 187 g/mol. The van der Waals surface area contributed by atoms with E-state index >= 15 is 0 Å². The summed E-state index contributed by atoms with van der Waals surface area (Å²) < 4.78 is 0. The first-order valence-electron chi connectivity index (χ1n) is 4.66. The molecule has 1 saturated heterocycles. The zero-order chi connectivity index (χ0) is 9.90. The summed E-state index contributed by atoms with van der Waals surface area (Å²) in [6.07, 6.45) is 1.68. The standard InChI is InChI=1S/C9H17NO3/c1-9(13)3-6-10(7-4-9)5-2-8(11)12/h13H,2-7H2,1H3,(H,11,12). The highest BCUT2D eigenvalue weighted by Gasteiger charge is 2.26. The fraction of sp³-hybridized carbons (Fsp3) is 0.889. The van der Waals surface area contributed by atoms with Crippen LogP contribution >= 0.6 is 0 Å². The lowest BCUT2D eigenvalue weighted by Gasteiger charge is -2.35. The molecule has 1 rings (SSSR count). The van der Waals surface area contributed by atoms with Crippen molar-refractivity contribution < 1.29 is 15.0 Å². The van der Waals surface area contributed by atoms with Crippen molar-refractivity contribution in [2.75, 3.05) is 19.6 Å². The fourth-order valence-corrected chi connectivity index (χ4v) is 1.51. The van der Waals surface area contributed by atoms with E-state index in [0.717, 1.165) is 25.9 Å². The van der Waals surface area contributed by atoms with E-state index in [9.17, 15) is 9.90 Å². The smallest absolute Gasteiger partial charge is 0.304 e. The number of carbonyl (C=O) groups is 1. The topological polar surface area (TPSA) is 60.8 Å². The molecule has 0 aliphatic carbocycles. The van der Waals surface area contributed by atoms with Crippen molar-refractivity contribution in [1.29, 1.82) is 0 Å². The second-order valence-electron chi connectivity index (χ2n) is 3.98. The van der Waals surface area contributed by atoms with Crippen molar-refractivity contribution in [3.05, 3.63) is 0 Å². The summed E-state index contributed by atoms with van der Waals surface area (Å²) in [4.78, 5) is 12.4. The Labute approximate surface area is 78.2 Å². The van der Waals surface area contributed by atoms with Crippen LogP contribution in [0, 0.1) is 0 Å². The third kappa shape index (κ3) is 3.74. The third-order valence-corrected chi connectivity index (χ3v) is 2.58. The van der Waals surface area contributed by atoms with Crippen LogP contribution in [0.25, 0.3) is 0 Å². The number of hydrogen-bond acceptors (Lipinski definition) is 3. The largest absolute Gasteiger partial charge is 0.481 e. The second-order valence-corrected chi connectivity index (χ2v) is 3.98. The van der Waals surface area contributed by atoms with E-state index in [1.807, 2.05) is 6.92 Å². The van der Waals surface area contributed by atoms with Gasteiger partial charge in [0, 0.05) is 19.6 Å². The molecular formula is C9H17NO3. The summed E-state index contributed by atoms with van der Waals surface area (Å²) in [5.74, 6) is -0.752. The molecule has 2 N–H and O–H groups in total. The molecule has 13 heavy (non-hydrogen) atoms. The molecule has 0 bridgehead atoms.